The van der Waals surface area contributed by atoms with Gasteiger partial charge in [0, 0.05) is 18.8 Å². The fraction of sp³-hybridized carbons (Fsp3) is 0.400. The van der Waals surface area contributed by atoms with E-state index in [1.54, 1.807) is 23.0 Å². The molecule has 0 unspecified atom stereocenters. The number of nitrogens with two attached hydrogens (primary N) is 1. The lowest BCUT2D eigenvalue weighted by molar-refractivity contribution is -0.144. The second kappa shape index (κ2) is 7.19. The highest BCUT2D eigenvalue weighted by molar-refractivity contribution is 5.73. The van der Waals surface area contributed by atoms with Crippen LogP contribution in [0.5, 0.6) is 0 Å². The van der Waals surface area contributed by atoms with Gasteiger partial charge in [-0.3, -0.25) is 0 Å². The van der Waals surface area contributed by atoms with Crippen molar-refractivity contribution >= 4 is 5.82 Å². The van der Waals surface area contributed by atoms with E-state index < -0.39 is 0 Å². The average Bonchev–Trinajstić information content (AvgIpc) is 2.82. The molecule has 0 saturated carbocycles. The van der Waals surface area contributed by atoms with Crippen molar-refractivity contribution in [2.75, 3.05) is 18.9 Å². The lowest BCUT2D eigenvalue weighted by Gasteiger charge is -2.17. The fourth-order valence-electron chi connectivity index (χ4n) is 2.06. The van der Waals surface area contributed by atoms with Crippen molar-refractivity contribution in [3.63, 3.8) is 0 Å². The summed E-state index contributed by atoms with van der Waals surface area (Å²) in [6.45, 7) is 5.33. The van der Waals surface area contributed by atoms with Gasteiger partial charge in [-0.15, -0.1) is 0 Å². The van der Waals surface area contributed by atoms with Crippen molar-refractivity contribution < 1.29 is 13.9 Å². The van der Waals surface area contributed by atoms with Crippen LogP contribution in [0.4, 0.5) is 10.2 Å². The second-order valence-corrected chi connectivity index (χ2v) is 4.47. The summed E-state index contributed by atoms with van der Waals surface area (Å²) in [5, 5.41) is 4.26. The summed E-state index contributed by atoms with van der Waals surface area (Å²) in [6.07, 6.45) is 1.28. The van der Waals surface area contributed by atoms with Crippen LogP contribution >= 0.6 is 0 Å². The molecule has 114 valence electrons. The van der Waals surface area contributed by atoms with E-state index in [0.29, 0.717) is 25.6 Å². The Morgan fingerprint density at radius 1 is 1.19 bits per heavy atom. The van der Waals surface area contributed by atoms with E-state index in [1.807, 2.05) is 13.8 Å². The van der Waals surface area contributed by atoms with E-state index in [1.165, 1.54) is 12.1 Å². The minimum Gasteiger partial charge on any atom is -0.383 e. The Labute approximate surface area is 123 Å². The fourth-order valence-corrected chi connectivity index (χ4v) is 2.06. The van der Waals surface area contributed by atoms with Gasteiger partial charge >= 0.3 is 0 Å². The third kappa shape index (κ3) is 3.80. The molecule has 1 aromatic heterocycles. The number of ether oxygens (including phenoxy) is 2. The van der Waals surface area contributed by atoms with Gasteiger partial charge in [0.15, 0.2) is 6.29 Å². The minimum absolute atomic E-state index is 0.280. The second-order valence-electron chi connectivity index (χ2n) is 4.47. The molecule has 6 heteroatoms. The first-order valence-electron chi connectivity index (χ1n) is 6.96. The number of halogens is 1. The van der Waals surface area contributed by atoms with Crippen LogP contribution in [0, 0.1) is 5.82 Å². The Morgan fingerprint density at radius 3 is 2.38 bits per heavy atom. The summed E-state index contributed by atoms with van der Waals surface area (Å²) in [5.41, 5.74) is 7.70. The molecule has 2 N–H and O–H groups in total. The summed E-state index contributed by atoms with van der Waals surface area (Å²) >= 11 is 0. The molecule has 0 aliphatic rings. The zero-order valence-corrected chi connectivity index (χ0v) is 12.3. The molecule has 1 heterocycles. The largest absolute Gasteiger partial charge is 0.383 e. The van der Waals surface area contributed by atoms with Crippen molar-refractivity contribution in [2.45, 2.75) is 26.7 Å². The molecular weight excluding hydrogens is 273 g/mol. The summed E-state index contributed by atoms with van der Waals surface area (Å²) in [5.74, 6) is 0.225. The Kier molecular flexibility index (Phi) is 5.30. The van der Waals surface area contributed by atoms with Crippen molar-refractivity contribution in [1.29, 1.82) is 0 Å². The highest BCUT2D eigenvalue weighted by atomic mass is 19.1. The van der Waals surface area contributed by atoms with Crippen LogP contribution in [0.25, 0.3) is 11.1 Å². The van der Waals surface area contributed by atoms with Crippen LogP contribution in [0.15, 0.2) is 30.5 Å². The average molecular weight is 293 g/mol. The number of hydrogen-bond acceptors (Lipinski definition) is 4. The maximum absolute atomic E-state index is 13.0. The van der Waals surface area contributed by atoms with Crippen LogP contribution in [-0.4, -0.2) is 29.3 Å². The number of benzene rings is 1. The number of aromatic nitrogens is 2. The predicted octanol–water partition coefficient (Wildman–Crippen LogP) is 2.67. The molecule has 0 amide bonds. The monoisotopic (exact) mass is 293 g/mol. The maximum Gasteiger partial charge on any atom is 0.177 e. The van der Waals surface area contributed by atoms with Crippen molar-refractivity contribution in [3.8, 4) is 11.1 Å². The Balaban J connectivity index is 2.17. The van der Waals surface area contributed by atoms with E-state index in [0.717, 1.165) is 11.1 Å². The van der Waals surface area contributed by atoms with Crippen molar-refractivity contribution in [3.05, 3.63) is 36.3 Å². The standard InChI is InChI=1S/C15H20FN3O2/c1-3-20-14(21-4-2)10-19-15(17)13(9-18-19)11-5-7-12(16)8-6-11/h5-9,14H,3-4,10,17H2,1-2H3. The normalized spacial score (nSPS) is 11.2. The molecule has 0 spiro atoms. The van der Waals surface area contributed by atoms with E-state index in [9.17, 15) is 4.39 Å². The molecule has 2 rings (SSSR count). The van der Waals surface area contributed by atoms with Gasteiger partial charge in [0.1, 0.15) is 11.6 Å². The van der Waals surface area contributed by atoms with Crippen LogP contribution in [0.3, 0.4) is 0 Å². The van der Waals surface area contributed by atoms with Gasteiger partial charge in [0.2, 0.25) is 0 Å². The van der Waals surface area contributed by atoms with Gasteiger partial charge < -0.3 is 15.2 Å². The molecule has 0 saturated heterocycles. The van der Waals surface area contributed by atoms with Gasteiger partial charge in [0.05, 0.1) is 12.7 Å². The number of nitrogen functional groups attached to an aromatic ring is 1. The molecule has 0 fully saturated rings. The molecule has 5 nitrogen and oxygen atoms in total. The quantitative estimate of drug-likeness (QED) is 0.797. The molecule has 0 aliphatic heterocycles. The van der Waals surface area contributed by atoms with Crippen LogP contribution < -0.4 is 5.73 Å². The molecule has 2 aromatic rings. The lowest BCUT2D eigenvalue weighted by Crippen LogP contribution is -2.25. The van der Waals surface area contributed by atoms with Crippen molar-refractivity contribution in [1.82, 2.24) is 9.78 Å². The summed E-state index contributed by atoms with van der Waals surface area (Å²) < 4.78 is 25.6. The Morgan fingerprint density at radius 2 is 1.81 bits per heavy atom. The maximum atomic E-state index is 13.0. The van der Waals surface area contributed by atoms with Crippen LogP contribution in [-0.2, 0) is 16.0 Å². The van der Waals surface area contributed by atoms with Crippen molar-refractivity contribution in [2.24, 2.45) is 0 Å². The number of hydrogen-bond donors (Lipinski definition) is 1. The van der Waals surface area contributed by atoms with Gasteiger partial charge in [-0.25, -0.2) is 9.07 Å². The SMILES string of the molecule is CCOC(Cn1ncc(-c2ccc(F)cc2)c1N)OCC. The highest BCUT2D eigenvalue weighted by Gasteiger charge is 2.15. The molecule has 21 heavy (non-hydrogen) atoms. The first-order chi connectivity index (χ1) is 10.2. The molecular formula is C15H20FN3O2. The van der Waals surface area contributed by atoms with E-state index in [-0.39, 0.29) is 12.1 Å². The van der Waals surface area contributed by atoms with Gasteiger partial charge in [0.25, 0.3) is 0 Å². The van der Waals surface area contributed by atoms with Gasteiger partial charge in [-0.2, -0.15) is 5.10 Å². The van der Waals surface area contributed by atoms with E-state index >= 15 is 0 Å². The zero-order chi connectivity index (χ0) is 15.2. The van der Waals surface area contributed by atoms with Gasteiger partial charge in [-0.1, -0.05) is 12.1 Å². The molecule has 0 bridgehead atoms. The lowest BCUT2D eigenvalue weighted by atomic mass is 10.1. The minimum atomic E-state index is -0.386. The number of anilines is 1. The molecule has 0 atom stereocenters. The molecule has 0 radical (unpaired) electrons. The first-order valence-corrected chi connectivity index (χ1v) is 6.96. The highest BCUT2D eigenvalue weighted by Crippen LogP contribution is 2.26. The van der Waals surface area contributed by atoms with Gasteiger partial charge in [-0.05, 0) is 31.5 Å². The molecule has 0 aliphatic carbocycles. The summed E-state index contributed by atoms with van der Waals surface area (Å²) in [4.78, 5) is 0. The summed E-state index contributed by atoms with van der Waals surface area (Å²) in [7, 11) is 0. The summed E-state index contributed by atoms with van der Waals surface area (Å²) in [6, 6.07) is 6.15. The van der Waals surface area contributed by atoms with Crippen LogP contribution in [0.2, 0.25) is 0 Å². The Hall–Kier alpha value is -1.92. The smallest absolute Gasteiger partial charge is 0.177 e. The predicted molar refractivity (Wildman–Crippen MR) is 79.1 cm³/mol. The third-order valence-electron chi connectivity index (χ3n) is 3.06. The van der Waals surface area contributed by atoms with E-state index in [4.69, 9.17) is 15.2 Å². The number of rotatable bonds is 7. The topological polar surface area (TPSA) is 62.3 Å². The van der Waals surface area contributed by atoms with E-state index in [2.05, 4.69) is 5.10 Å². The first kappa shape index (κ1) is 15.5. The molecule has 1 aromatic carbocycles. The van der Waals surface area contributed by atoms with Crippen LogP contribution in [0.1, 0.15) is 13.8 Å². The third-order valence-corrected chi connectivity index (χ3v) is 3.06. The number of nitrogens with zero attached hydrogens (tertiary/aromatic N) is 2. The zero-order valence-electron chi connectivity index (χ0n) is 12.3. The Bertz CT molecular complexity index is 563.